The summed E-state index contributed by atoms with van der Waals surface area (Å²) in [6.45, 7) is 1.92. The number of aromatic nitrogens is 3. The molecule has 0 fully saturated rings. The summed E-state index contributed by atoms with van der Waals surface area (Å²) in [5.41, 5.74) is 3.01. The Hall–Kier alpha value is -2.47. The van der Waals surface area contributed by atoms with Gasteiger partial charge in [0, 0.05) is 12.1 Å². The van der Waals surface area contributed by atoms with Gasteiger partial charge in [0.2, 0.25) is 5.82 Å². The maximum Gasteiger partial charge on any atom is 0.346 e. The number of nitrogens with zero attached hydrogens (tertiary/aromatic N) is 3. The monoisotopic (exact) mass is 363 g/mol. The Morgan fingerprint density at radius 3 is 2.40 bits per heavy atom. The Kier molecular flexibility index (Phi) is 4.72. The van der Waals surface area contributed by atoms with Crippen molar-refractivity contribution in [2.24, 2.45) is 7.05 Å². The summed E-state index contributed by atoms with van der Waals surface area (Å²) >= 11 is 5.91. The van der Waals surface area contributed by atoms with Crippen molar-refractivity contribution < 1.29 is 8.78 Å². The second-order valence-electron chi connectivity index (χ2n) is 5.80. The first-order valence-electron chi connectivity index (χ1n) is 7.64. The zero-order chi connectivity index (χ0) is 18.1. The van der Waals surface area contributed by atoms with Gasteiger partial charge in [0.15, 0.2) is 0 Å². The molecule has 3 aromatic rings. The average molecular weight is 364 g/mol. The van der Waals surface area contributed by atoms with Gasteiger partial charge in [-0.2, -0.15) is 0 Å². The summed E-state index contributed by atoms with van der Waals surface area (Å²) in [5.74, 6) is -0.524. The SMILES string of the molecule is Cc1ccc(-c2ccc(Cl)cc2)cc1Cn1c(C(F)F)nn(C)c1=O. The zero-order valence-corrected chi connectivity index (χ0v) is 14.5. The van der Waals surface area contributed by atoms with E-state index in [2.05, 4.69) is 5.10 Å². The quantitative estimate of drug-likeness (QED) is 0.697. The molecule has 0 aliphatic carbocycles. The van der Waals surface area contributed by atoms with Crippen LogP contribution in [0, 0.1) is 6.92 Å². The van der Waals surface area contributed by atoms with Crippen LogP contribution in [-0.2, 0) is 13.6 Å². The van der Waals surface area contributed by atoms with E-state index >= 15 is 0 Å². The summed E-state index contributed by atoms with van der Waals surface area (Å²) in [7, 11) is 1.36. The molecule has 0 spiro atoms. The van der Waals surface area contributed by atoms with Gasteiger partial charge in [-0.25, -0.2) is 18.3 Å². The molecule has 0 aliphatic rings. The van der Waals surface area contributed by atoms with E-state index in [4.69, 9.17) is 11.6 Å². The van der Waals surface area contributed by atoms with Crippen molar-refractivity contribution in [3.8, 4) is 11.1 Å². The van der Waals surface area contributed by atoms with Crippen molar-refractivity contribution in [2.75, 3.05) is 0 Å². The standard InChI is InChI=1S/C18H16ClF2N3O/c1-11-3-4-13(12-5-7-15(19)8-6-12)9-14(11)10-24-17(16(20)21)22-23(2)18(24)25/h3-9,16H,10H2,1-2H3. The fourth-order valence-corrected chi connectivity index (χ4v) is 2.79. The van der Waals surface area contributed by atoms with E-state index in [1.807, 2.05) is 37.3 Å². The minimum Gasteiger partial charge on any atom is -0.270 e. The van der Waals surface area contributed by atoms with E-state index in [0.717, 1.165) is 31.5 Å². The van der Waals surface area contributed by atoms with Crippen molar-refractivity contribution in [3.63, 3.8) is 0 Å². The lowest BCUT2D eigenvalue weighted by Gasteiger charge is -2.11. The van der Waals surface area contributed by atoms with Crippen molar-refractivity contribution in [3.05, 3.63) is 74.9 Å². The molecular formula is C18H16ClF2N3O. The number of hydrogen-bond donors (Lipinski definition) is 0. The maximum atomic E-state index is 13.2. The highest BCUT2D eigenvalue weighted by molar-refractivity contribution is 6.30. The molecule has 0 unspecified atom stereocenters. The van der Waals surface area contributed by atoms with Crippen LogP contribution in [0.4, 0.5) is 8.78 Å². The van der Waals surface area contributed by atoms with Crippen LogP contribution in [0.3, 0.4) is 0 Å². The Morgan fingerprint density at radius 1 is 1.12 bits per heavy atom. The molecular weight excluding hydrogens is 348 g/mol. The van der Waals surface area contributed by atoms with Crippen molar-refractivity contribution in [1.29, 1.82) is 0 Å². The predicted octanol–water partition coefficient (Wildman–Crippen LogP) is 4.20. The van der Waals surface area contributed by atoms with Gasteiger partial charge >= 0.3 is 5.69 Å². The normalized spacial score (nSPS) is 11.3. The van der Waals surface area contributed by atoms with E-state index in [9.17, 15) is 13.6 Å². The van der Waals surface area contributed by atoms with Crippen LogP contribution in [0.2, 0.25) is 5.02 Å². The number of halogens is 3. The predicted molar refractivity (Wildman–Crippen MR) is 93.2 cm³/mol. The Balaban J connectivity index is 2.03. The summed E-state index contributed by atoms with van der Waals surface area (Å²) in [6.07, 6.45) is -2.81. The molecule has 1 heterocycles. The maximum absolute atomic E-state index is 13.2. The van der Waals surface area contributed by atoms with Crippen molar-refractivity contribution in [1.82, 2.24) is 14.3 Å². The van der Waals surface area contributed by atoms with Crippen molar-refractivity contribution >= 4 is 11.6 Å². The lowest BCUT2D eigenvalue weighted by Crippen LogP contribution is -2.24. The van der Waals surface area contributed by atoms with Crippen LogP contribution >= 0.6 is 11.6 Å². The molecule has 3 rings (SSSR count). The molecule has 0 aliphatic heterocycles. The van der Waals surface area contributed by atoms with Gasteiger partial charge < -0.3 is 0 Å². The van der Waals surface area contributed by atoms with Gasteiger partial charge in [-0.3, -0.25) is 4.57 Å². The van der Waals surface area contributed by atoms with E-state index in [-0.39, 0.29) is 6.54 Å². The van der Waals surface area contributed by atoms with Gasteiger partial charge in [-0.05, 0) is 47.4 Å². The first kappa shape index (κ1) is 17.4. The lowest BCUT2D eigenvalue weighted by molar-refractivity contribution is 0.134. The molecule has 0 amide bonds. The number of hydrogen-bond acceptors (Lipinski definition) is 2. The minimum absolute atomic E-state index is 0.0413. The summed E-state index contributed by atoms with van der Waals surface area (Å²) in [5, 5.41) is 4.27. The first-order chi connectivity index (χ1) is 11.9. The van der Waals surface area contributed by atoms with Crippen LogP contribution in [-0.4, -0.2) is 14.3 Å². The van der Waals surface area contributed by atoms with Gasteiger partial charge in [-0.1, -0.05) is 35.9 Å². The number of alkyl halides is 2. The van der Waals surface area contributed by atoms with Crippen LogP contribution in [0.5, 0.6) is 0 Å². The lowest BCUT2D eigenvalue weighted by atomic mass is 9.99. The molecule has 0 radical (unpaired) electrons. The average Bonchev–Trinajstić information content (AvgIpc) is 2.86. The Bertz CT molecular complexity index is 961. The highest BCUT2D eigenvalue weighted by atomic mass is 35.5. The van der Waals surface area contributed by atoms with Gasteiger partial charge in [0.05, 0.1) is 6.54 Å². The van der Waals surface area contributed by atoms with Gasteiger partial charge in [-0.15, -0.1) is 5.10 Å². The molecule has 0 bridgehead atoms. The third-order valence-corrected chi connectivity index (χ3v) is 4.34. The minimum atomic E-state index is -2.81. The van der Waals surface area contributed by atoms with E-state index in [1.165, 1.54) is 7.05 Å². The molecule has 7 heteroatoms. The third-order valence-electron chi connectivity index (χ3n) is 4.09. The van der Waals surface area contributed by atoms with Crippen LogP contribution in [0.15, 0.2) is 47.3 Å². The molecule has 25 heavy (non-hydrogen) atoms. The molecule has 2 aromatic carbocycles. The molecule has 0 saturated heterocycles. The molecule has 0 saturated carbocycles. The summed E-state index contributed by atoms with van der Waals surface area (Å²) in [6, 6.07) is 13.1. The fourth-order valence-electron chi connectivity index (χ4n) is 2.67. The van der Waals surface area contributed by atoms with E-state index < -0.39 is 17.9 Å². The number of rotatable bonds is 4. The Morgan fingerprint density at radius 2 is 1.76 bits per heavy atom. The topological polar surface area (TPSA) is 39.8 Å². The Labute approximate surface area is 148 Å². The molecule has 0 N–H and O–H groups in total. The fraction of sp³-hybridized carbons (Fsp3) is 0.222. The molecule has 0 atom stereocenters. The second-order valence-corrected chi connectivity index (χ2v) is 6.24. The van der Waals surface area contributed by atoms with Gasteiger partial charge in [0.25, 0.3) is 6.43 Å². The van der Waals surface area contributed by atoms with E-state index in [1.54, 1.807) is 12.1 Å². The van der Waals surface area contributed by atoms with Crippen LogP contribution in [0.1, 0.15) is 23.4 Å². The number of benzene rings is 2. The summed E-state index contributed by atoms with van der Waals surface area (Å²) in [4.78, 5) is 12.1. The number of aryl methyl sites for hydroxylation is 2. The first-order valence-corrected chi connectivity index (χ1v) is 8.02. The zero-order valence-electron chi connectivity index (χ0n) is 13.7. The smallest absolute Gasteiger partial charge is 0.270 e. The third kappa shape index (κ3) is 3.49. The van der Waals surface area contributed by atoms with Crippen LogP contribution < -0.4 is 5.69 Å². The molecule has 1 aromatic heterocycles. The van der Waals surface area contributed by atoms with Crippen LogP contribution in [0.25, 0.3) is 11.1 Å². The van der Waals surface area contributed by atoms with Crippen molar-refractivity contribution in [2.45, 2.75) is 19.9 Å². The molecule has 4 nitrogen and oxygen atoms in total. The van der Waals surface area contributed by atoms with Gasteiger partial charge in [0.1, 0.15) is 0 Å². The van der Waals surface area contributed by atoms with E-state index in [0.29, 0.717) is 5.02 Å². The molecule has 130 valence electrons. The highest BCUT2D eigenvalue weighted by Gasteiger charge is 2.20. The highest BCUT2D eigenvalue weighted by Crippen LogP contribution is 2.25. The summed E-state index contributed by atoms with van der Waals surface area (Å²) < 4.78 is 28.3. The largest absolute Gasteiger partial charge is 0.346 e. The second kappa shape index (κ2) is 6.80.